The number of aliphatic carboxylic acids is 1. The summed E-state index contributed by atoms with van der Waals surface area (Å²) in [5.74, 6) is -0.891. The molecule has 0 bridgehead atoms. The molecule has 0 saturated carbocycles. The van der Waals surface area contributed by atoms with Crippen molar-refractivity contribution in [2.45, 2.75) is 19.2 Å². The second-order valence-electron chi connectivity index (χ2n) is 5.28. The van der Waals surface area contributed by atoms with Crippen LogP contribution in [0.25, 0.3) is 0 Å². The van der Waals surface area contributed by atoms with E-state index in [2.05, 4.69) is 21.1 Å². The van der Waals surface area contributed by atoms with E-state index in [1.807, 2.05) is 0 Å². The molecular weight excluding hydrogens is 419 g/mol. The predicted octanol–water partition coefficient (Wildman–Crippen LogP) is 4.50. The second kappa shape index (κ2) is 8.22. The highest BCUT2D eigenvalue weighted by Gasteiger charge is 2.29. The average Bonchev–Trinajstić information content (AvgIpc) is 2.58. The number of carboxylic acids is 1. The molecule has 0 fully saturated rings. The fourth-order valence-electron chi connectivity index (χ4n) is 2.07. The third-order valence-corrected chi connectivity index (χ3v) is 4.03. The smallest absolute Gasteiger partial charge is 0.416 e. The Morgan fingerprint density at radius 2 is 1.73 bits per heavy atom. The third-order valence-electron chi connectivity index (χ3n) is 3.41. The van der Waals surface area contributed by atoms with Crippen molar-refractivity contribution in [1.29, 1.82) is 0 Å². The number of hydrogen-bond acceptors (Lipinski definition) is 4. The molecule has 0 aromatic heterocycles. The Bertz CT molecular complexity index is 820. The lowest BCUT2D eigenvalue weighted by atomic mass is 10.1. The molecule has 0 heterocycles. The van der Waals surface area contributed by atoms with Crippen LogP contribution in [0.2, 0.25) is 0 Å². The van der Waals surface area contributed by atoms with Gasteiger partial charge in [-0.3, -0.25) is 0 Å². The van der Waals surface area contributed by atoms with Crippen molar-refractivity contribution in [2.24, 2.45) is 5.16 Å². The zero-order valence-electron chi connectivity index (χ0n) is 13.1. The van der Waals surface area contributed by atoms with Gasteiger partial charge in [-0.25, -0.2) is 4.79 Å². The Hall–Kier alpha value is -2.55. The molecule has 0 aliphatic carbocycles. The van der Waals surface area contributed by atoms with Crippen molar-refractivity contribution in [3.05, 3.63) is 63.6 Å². The molecule has 0 aliphatic heterocycles. The highest BCUT2D eigenvalue weighted by molar-refractivity contribution is 9.10. The van der Waals surface area contributed by atoms with Crippen LogP contribution in [0.15, 0.2) is 52.1 Å². The number of rotatable bonds is 6. The van der Waals surface area contributed by atoms with Crippen LogP contribution < -0.4 is 4.74 Å². The molecular formula is C17H13BrF3NO4. The number of carboxylic acid groups (broad SMARTS) is 1. The van der Waals surface area contributed by atoms with Gasteiger partial charge in [-0.05, 0) is 51.3 Å². The molecule has 9 heteroatoms. The van der Waals surface area contributed by atoms with Gasteiger partial charge in [-0.2, -0.15) is 13.2 Å². The van der Waals surface area contributed by atoms with Gasteiger partial charge in [0.15, 0.2) is 5.71 Å². The van der Waals surface area contributed by atoms with Crippen LogP contribution in [0.4, 0.5) is 13.2 Å². The maximum atomic E-state index is 12.5. The van der Waals surface area contributed by atoms with Gasteiger partial charge in [0.2, 0.25) is 0 Å². The van der Waals surface area contributed by atoms with E-state index >= 15 is 0 Å². The lowest BCUT2D eigenvalue weighted by molar-refractivity contribution is -0.137. The Morgan fingerprint density at radius 1 is 1.12 bits per heavy atom. The summed E-state index contributed by atoms with van der Waals surface area (Å²) >= 11 is 3.28. The Balaban J connectivity index is 2.03. The molecule has 0 atom stereocenters. The number of benzene rings is 2. The van der Waals surface area contributed by atoms with Gasteiger partial charge in [0.1, 0.15) is 12.4 Å². The number of carbonyl (C=O) groups is 1. The summed E-state index contributed by atoms with van der Waals surface area (Å²) in [4.78, 5) is 10.8. The Kier molecular flexibility index (Phi) is 6.25. The van der Waals surface area contributed by atoms with Crippen LogP contribution in [0, 0.1) is 0 Å². The minimum atomic E-state index is -4.38. The highest BCUT2D eigenvalue weighted by Crippen LogP contribution is 2.30. The molecule has 2 N–H and O–H groups in total. The van der Waals surface area contributed by atoms with Gasteiger partial charge < -0.3 is 15.1 Å². The molecule has 0 amide bonds. The molecule has 0 radical (unpaired) electrons. The highest BCUT2D eigenvalue weighted by atomic mass is 79.9. The van der Waals surface area contributed by atoms with Crippen molar-refractivity contribution in [1.82, 2.24) is 0 Å². The first-order valence-corrected chi connectivity index (χ1v) is 8.01. The first-order chi connectivity index (χ1) is 12.2. The van der Waals surface area contributed by atoms with Gasteiger partial charge in [-0.1, -0.05) is 23.4 Å². The molecule has 2 rings (SSSR count). The van der Waals surface area contributed by atoms with E-state index in [0.29, 0.717) is 21.3 Å². The number of halogens is 4. The number of alkyl halides is 3. The zero-order valence-corrected chi connectivity index (χ0v) is 14.7. The van der Waals surface area contributed by atoms with Crippen molar-refractivity contribution in [3.63, 3.8) is 0 Å². The van der Waals surface area contributed by atoms with Crippen LogP contribution in [-0.2, 0) is 24.0 Å². The van der Waals surface area contributed by atoms with Crippen molar-refractivity contribution < 1.29 is 33.0 Å². The summed E-state index contributed by atoms with van der Waals surface area (Å²) in [7, 11) is 0. The van der Waals surface area contributed by atoms with Gasteiger partial charge in [0.25, 0.3) is 0 Å². The number of nitrogens with zero attached hydrogens (tertiary/aromatic N) is 1. The molecule has 0 unspecified atom stereocenters. The zero-order chi connectivity index (χ0) is 19.3. The number of oxime groups is 1. The minimum Gasteiger partial charge on any atom is -0.488 e. The number of hydrogen-bond donors (Lipinski definition) is 2. The standard InChI is InChI=1S/C17H13BrF3NO4/c18-13-7-11(8-14(22-25)16(23)24)3-6-15(13)26-9-10-1-4-12(5-2-10)17(19,20)21/h1-7,25H,8-9H2,(H,23,24). The second-order valence-corrected chi connectivity index (χ2v) is 6.13. The van der Waals surface area contributed by atoms with Gasteiger partial charge in [0.05, 0.1) is 10.0 Å². The summed E-state index contributed by atoms with van der Waals surface area (Å²) < 4.78 is 43.7. The van der Waals surface area contributed by atoms with Gasteiger partial charge in [-0.15, -0.1) is 0 Å². The summed E-state index contributed by atoms with van der Waals surface area (Å²) in [6.07, 6.45) is -4.46. The SMILES string of the molecule is O=C(O)C(Cc1ccc(OCc2ccc(C(F)(F)F)cc2)c(Br)c1)=NO. The van der Waals surface area contributed by atoms with Crippen LogP contribution in [-0.4, -0.2) is 22.0 Å². The van der Waals surface area contributed by atoms with E-state index in [0.717, 1.165) is 12.1 Å². The molecule has 0 saturated heterocycles. The first kappa shape index (κ1) is 19.8. The normalized spacial score (nSPS) is 12.1. The molecule has 26 heavy (non-hydrogen) atoms. The van der Waals surface area contributed by atoms with E-state index in [1.54, 1.807) is 18.2 Å². The molecule has 2 aromatic carbocycles. The largest absolute Gasteiger partial charge is 0.488 e. The quantitative estimate of drug-likeness (QED) is 0.400. The molecule has 0 spiro atoms. The molecule has 2 aromatic rings. The topological polar surface area (TPSA) is 79.1 Å². The third kappa shape index (κ3) is 5.22. The fourth-order valence-corrected chi connectivity index (χ4v) is 2.61. The molecule has 0 aliphatic rings. The summed E-state index contributed by atoms with van der Waals surface area (Å²) in [5.41, 5.74) is 0.00500. The maximum absolute atomic E-state index is 12.5. The lowest BCUT2D eigenvalue weighted by Crippen LogP contribution is -2.15. The summed E-state index contributed by atoms with van der Waals surface area (Å²) in [6, 6.07) is 9.43. The Morgan fingerprint density at radius 3 is 2.23 bits per heavy atom. The number of ether oxygens (including phenoxy) is 1. The predicted molar refractivity (Wildman–Crippen MR) is 90.5 cm³/mol. The lowest BCUT2D eigenvalue weighted by Gasteiger charge is -2.11. The minimum absolute atomic E-state index is 0.0640. The maximum Gasteiger partial charge on any atom is 0.416 e. The first-order valence-electron chi connectivity index (χ1n) is 7.22. The van der Waals surface area contributed by atoms with Crippen molar-refractivity contribution >= 4 is 27.6 Å². The van der Waals surface area contributed by atoms with Crippen LogP contribution >= 0.6 is 15.9 Å². The monoisotopic (exact) mass is 431 g/mol. The molecule has 138 valence electrons. The molecule has 5 nitrogen and oxygen atoms in total. The Labute approximate surface area is 154 Å². The summed E-state index contributed by atoms with van der Waals surface area (Å²) in [6.45, 7) is 0.0640. The van der Waals surface area contributed by atoms with E-state index in [9.17, 15) is 18.0 Å². The fraction of sp³-hybridized carbons (Fsp3) is 0.176. The van der Waals surface area contributed by atoms with Crippen LogP contribution in [0.5, 0.6) is 5.75 Å². The van der Waals surface area contributed by atoms with Crippen molar-refractivity contribution in [3.8, 4) is 5.75 Å². The van der Waals surface area contributed by atoms with Gasteiger partial charge >= 0.3 is 12.1 Å². The average molecular weight is 432 g/mol. The van der Waals surface area contributed by atoms with E-state index < -0.39 is 23.4 Å². The van der Waals surface area contributed by atoms with Crippen LogP contribution in [0.1, 0.15) is 16.7 Å². The van der Waals surface area contributed by atoms with E-state index in [-0.39, 0.29) is 13.0 Å². The summed E-state index contributed by atoms with van der Waals surface area (Å²) in [5, 5.41) is 20.2. The van der Waals surface area contributed by atoms with E-state index in [4.69, 9.17) is 15.1 Å². The van der Waals surface area contributed by atoms with E-state index in [1.165, 1.54) is 12.1 Å². The van der Waals surface area contributed by atoms with Crippen LogP contribution in [0.3, 0.4) is 0 Å². The van der Waals surface area contributed by atoms with Crippen molar-refractivity contribution in [2.75, 3.05) is 0 Å². The van der Waals surface area contributed by atoms with Gasteiger partial charge in [0, 0.05) is 6.42 Å².